The maximum absolute atomic E-state index is 6.54. The minimum absolute atomic E-state index is 0.464. The summed E-state index contributed by atoms with van der Waals surface area (Å²) in [5.74, 6) is 0. The fraction of sp³-hybridized carbons (Fsp3) is 0.0196. The lowest BCUT2D eigenvalue weighted by molar-refractivity contribution is 0.669. The van der Waals surface area contributed by atoms with E-state index in [0.717, 1.165) is 16.6 Å². The molecule has 0 saturated carbocycles. The monoisotopic (exact) mass is 658 g/mol. The molecule has 0 radical (unpaired) electrons. The van der Waals surface area contributed by atoms with Crippen molar-refractivity contribution in [3.05, 3.63) is 204 Å². The Bertz CT molecular complexity index is 3080. The topological polar surface area (TPSA) is 13.1 Å². The molecular formula is C51H30O. The summed E-state index contributed by atoms with van der Waals surface area (Å²) < 4.78 is 6.54. The molecule has 1 heteroatoms. The lowest BCUT2D eigenvalue weighted by Crippen LogP contribution is -2.26. The van der Waals surface area contributed by atoms with E-state index < -0.39 is 5.41 Å². The molecule has 0 N–H and O–H groups in total. The third-order valence-electron chi connectivity index (χ3n) is 11.8. The summed E-state index contributed by atoms with van der Waals surface area (Å²) in [6.45, 7) is 0. The molecule has 0 saturated heterocycles. The summed E-state index contributed by atoms with van der Waals surface area (Å²) in [6.07, 6.45) is 0. The standard InChI is InChI=1S/C51H30O/c1-2-12-31(13-3-1)36-19-10-16-34-27-42-40-25-24-35(37-20-11-23-48-50(37)43-26-32-14-4-5-15-33(32)29-49(43)52-48)28-46(40)51(47(42)30-41(34)36)44-21-8-6-17-38(44)39-18-7-9-22-45(39)51/h1-30H. The average molecular weight is 659 g/mol. The van der Waals surface area contributed by atoms with Gasteiger partial charge in [0.2, 0.25) is 0 Å². The van der Waals surface area contributed by atoms with Gasteiger partial charge >= 0.3 is 0 Å². The molecule has 0 unspecified atom stereocenters. The van der Waals surface area contributed by atoms with Gasteiger partial charge < -0.3 is 4.42 Å². The molecule has 52 heavy (non-hydrogen) atoms. The number of rotatable bonds is 2. The van der Waals surface area contributed by atoms with Crippen LogP contribution in [0.15, 0.2) is 186 Å². The fourth-order valence-corrected chi connectivity index (χ4v) is 9.70. The third-order valence-corrected chi connectivity index (χ3v) is 11.8. The minimum Gasteiger partial charge on any atom is -0.456 e. The second-order valence-corrected chi connectivity index (χ2v) is 14.4. The van der Waals surface area contributed by atoms with Gasteiger partial charge in [0.25, 0.3) is 0 Å². The van der Waals surface area contributed by atoms with E-state index >= 15 is 0 Å². The van der Waals surface area contributed by atoms with Gasteiger partial charge in [0.05, 0.1) is 5.41 Å². The van der Waals surface area contributed by atoms with Crippen LogP contribution in [0.2, 0.25) is 0 Å². The van der Waals surface area contributed by atoms with Crippen LogP contribution in [0.1, 0.15) is 22.3 Å². The largest absolute Gasteiger partial charge is 0.456 e. The van der Waals surface area contributed by atoms with E-state index in [9.17, 15) is 0 Å². The Morgan fingerprint density at radius 1 is 0.308 bits per heavy atom. The number of benzene rings is 9. The number of furan rings is 1. The van der Waals surface area contributed by atoms with Gasteiger partial charge in [-0.05, 0) is 125 Å². The van der Waals surface area contributed by atoms with Crippen molar-refractivity contribution >= 4 is 43.5 Å². The Hall–Kier alpha value is -6.70. The third kappa shape index (κ3) is 3.57. The van der Waals surface area contributed by atoms with Crippen molar-refractivity contribution in [1.82, 2.24) is 0 Å². The highest BCUT2D eigenvalue weighted by Gasteiger charge is 2.51. The van der Waals surface area contributed by atoms with Crippen LogP contribution in [-0.4, -0.2) is 0 Å². The number of hydrogen-bond donors (Lipinski definition) is 0. The van der Waals surface area contributed by atoms with E-state index in [4.69, 9.17) is 4.42 Å². The Morgan fingerprint density at radius 2 is 0.923 bits per heavy atom. The predicted molar refractivity (Wildman–Crippen MR) is 216 cm³/mol. The highest BCUT2D eigenvalue weighted by Crippen LogP contribution is 2.64. The van der Waals surface area contributed by atoms with Crippen LogP contribution in [-0.2, 0) is 5.41 Å². The summed E-state index contributed by atoms with van der Waals surface area (Å²) in [5.41, 5.74) is 16.9. The highest BCUT2D eigenvalue weighted by molar-refractivity contribution is 6.16. The second kappa shape index (κ2) is 10.2. The Kier molecular flexibility index (Phi) is 5.49. The maximum atomic E-state index is 6.54. The van der Waals surface area contributed by atoms with Gasteiger partial charge in [0.1, 0.15) is 11.2 Å². The van der Waals surface area contributed by atoms with Gasteiger partial charge in [-0.15, -0.1) is 0 Å². The Balaban J connectivity index is 1.18. The molecule has 1 aromatic heterocycles. The molecule has 0 aliphatic heterocycles. The van der Waals surface area contributed by atoms with Crippen molar-refractivity contribution in [2.45, 2.75) is 5.41 Å². The molecule has 0 bridgehead atoms. The lowest BCUT2D eigenvalue weighted by Gasteiger charge is -2.31. The van der Waals surface area contributed by atoms with E-state index in [1.54, 1.807) is 0 Å². The quantitative estimate of drug-likeness (QED) is 0.180. The van der Waals surface area contributed by atoms with Crippen LogP contribution < -0.4 is 0 Å². The molecule has 9 aromatic carbocycles. The van der Waals surface area contributed by atoms with Crippen LogP contribution in [0.3, 0.4) is 0 Å². The number of hydrogen-bond acceptors (Lipinski definition) is 1. The van der Waals surface area contributed by atoms with E-state index in [1.165, 1.54) is 93.7 Å². The van der Waals surface area contributed by atoms with Crippen LogP contribution in [0.4, 0.5) is 0 Å². The van der Waals surface area contributed by atoms with Gasteiger partial charge in [-0.25, -0.2) is 0 Å². The van der Waals surface area contributed by atoms with Crippen molar-refractivity contribution in [2.24, 2.45) is 0 Å². The van der Waals surface area contributed by atoms with Gasteiger partial charge in [0.15, 0.2) is 0 Å². The zero-order chi connectivity index (χ0) is 34.0. The number of fused-ring (bicyclic) bond motifs is 15. The molecular weight excluding hydrogens is 629 g/mol. The van der Waals surface area contributed by atoms with Gasteiger partial charge in [-0.3, -0.25) is 0 Å². The SMILES string of the molecule is c1ccc(-c2cccc3cc4c(cc23)C2(c3ccccc3-c3ccccc32)c2cc(-c3cccc5oc6cc7ccccc7cc6c35)ccc2-4)cc1. The molecule has 1 nitrogen and oxygen atoms in total. The van der Waals surface area contributed by atoms with Crippen LogP contribution >= 0.6 is 0 Å². The molecule has 0 fully saturated rings. The van der Waals surface area contributed by atoms with Crippen molar-refractivity contribution in [1.29, 1.82) is 0 Å². The minimum atomic E-state index is -0.464. The summed E-state index contributed by atoms with van der Waals surface area (Å²) in [5, 5.41) is 7.26. The van der Waals surface area contributed by atoms with Crippen LogP contribution in [0.5, 0.6) is 0 Å². The Morgan fingerprint density at radius 3 is 1.73 bits per heavy atom. The molecule has 12 rings (SSSR count). The van der Waals surface area contributed by atoms with E-state index in [1.807, 2.05) is 0 Å². The molecule has 240 valence electrons. The lowest BCUT2D eigenvalue weighted by atomic mass is 9.70. The molecule has 2 aliphatic carbocycles. The van der Waals surface area contributed by atoms with E-state index in [0.29, 0.717) is 0 Å². The summed E-state index contributed by atoms with van der Waals surface area (Å²) in [7, 11) is 0. The van der Waals surface area contributed by atoms with Crippen LogP contribution in [0.25, 0.3) is 88.0 Å². The normalized spacial score (nSPS) is 13.5. The van der Waals surface area contributed by atoms with E-state index in [-0.39, 0.29) is 0 Å². The molecule has 1 heterocycles. The Labute approximate surface area is 301 Å². The summed E-state index contributed by atoms with van der Waals surface area (Å²) in [4.78, 5) is 0. The molecule has 1 spiro atoms. The second-order valence-electron chi connectivity index (χ2n) is 14.4. The zero-order valence-corrected chi connectivity index (χ0v) is 28.2. The molecule has 2 aliphatic rings. The van der Waals surface area contributed by atoms with Gasteiger partial charge in [0, 0.05) is 10.8 Å². The van der Waals surface area contributed by atoms with Crippen molar-refractivity contribution < 1.29 is 4.42 Å². The average Bonchev–Trinajstić information content (AvgIpc) is 3.82. The summed E-state index contributed by atoms with van der Waals surface area (Å²) >= 11 is 0. The van der Waals surface area contributed by atoms with Gasteiger partial charge in [-0.1, -0.05) is 146 Å². The first-order chi connectivity index (χ1) is 25.8. The van der Waals surface area contributed by atoms with Crippen molar-refractivity contribution in [3.63, 3.8) is 0 Å². The van der Waals surface area contributed by atoms with Gasteiger partial charge in [-0.2, -0.15) is 0 Å². The first-order valence-electron chi connectivity index (χ1n) is 18.1. The predicted octanol–water partition coefficient (Wildman–Crippen LogP) is 13.6. The van der Waals surface area contributed by atoms with E-state index in [2.05, 4.69) is 182 Å². The smallest absolute Gasteiger partial charge is 0.136 e. The highest BCUT2D eigenvalue weighted by atomic mass is 16.3. The van der Waals surface area contributed by atoms with Crippen LogP contribution in [0, 0.1) is 0 Å². The molecule has 0 amide bonds. The maximum Gasteiger partial charge on any atom is 0.136 e. The van der Waals surface area contributed by atoms with Crippen molar-refractivity contribution in [3.8, 4) is 44.5 Å². The first-order valence-corrected chi connectivity index (χ1v) is 18.1. The first kappa shape index (κ1) is 28.0. The zero-order valence-electron chi connectivity index (χ0n) is 28.2. The fourth-order valence-electron chi connectivity index (χ4n) is 9.70. The molecule has 0 atom stereocenters. The summed E-state index contributed by atoms with van der Waals surface area (Å²) in [6, 6.07) is 67.4. The molecule has 10 aromatic rings. The van der Waals surface area contributed by atoms with Crippen molar-refractivity contribution in [2.75, 3.05) is 0 Å².